The standard InChI is InChI=1S/C18H18FN3O3/c1-4-25-18(24)16-9-15(11(2)21-12(16)3)17(23)22-20-10-13-5-7-14(19)8-6-13/h5-10H,4H2,1-3H3,(H,22,23)/b20-10+. The van der Waals surface area contributed by atoms with Crippen LogP contribution >= 0.6 is 0 Å². The predicted molar refractivity (Wildman–Crippen MR) is 91.1 cm³/mol. The first-order chi connectivity index (χ1) is 11.9. The van der Waals surface area contributed by atoms with Crippen LogP contribution in [0.5, 0.6) is 0 Å². The van der Waals surface area contributed by atoms with Gasteiger partial charge in [0.2, 0.25) is 0 Å². The van der Waals surface area contributed by atoms with E-state index in [0.717, 1.165) is 0 Å². The fourth-order valence-electron chi connectivity index (χ4n) is 2.15. The molecule has 1 aromatic heterocycles. The summed E-state index contributed by atoms with van der Waals surface area (Å²) in [5, 5.41) is 3.83. The van der Waals surface area contributed by atoms with Crippen LogP contribution in [0.2, 0.25) is 0 Å². The second-order valence-corrected chi connectivity index (χ2v) is 5.23. The Bertz CT molecular complexity index is 817. The largest absolute Gasteiger partial charge is 0.462 e. The summed E-state index contributed by atoms with van der Waals surface area (Å²) in [5.74, 6) is -1.39. The topological polar surface area (TPSA) is 80.7 Å². The highest BCUT2D eigenvalue weighted by molar-refractivity contribution is 5.99. The lowest BCUT2D eigenvalue weighted by atomic mass is 10.1. The lowest BCUT2D eigenvalue weighted by Crippen LogP contribution is -2.21. The maximum atomic E-state index is 12.8. The molecule has 0 aliphatic carbocycles. The molecule has 0 saturated heterocycles. The monoisotopic (exact) mass is 343 g/mol. The fraction of sp³-hybridized carbons (Fsp3) is 0.222. The fourth-order valence-corrected chi connectivity index (χ4v) is 2.15. The highest BCUT2D eigenvalue weighted by Crippen LogP contribution is 2.14. The first-order valence-corrected chi connectivity index (χ1v) is 7.66. The van der Waals surface area contributed by atoms with E-state index in [1.807, 2.05) is 0 Å². The molecule has 25 heavy (non-hydrogen) atoms. The van der Waals surface area contributed by atoms with Gasteiger partial charge in [0, 0.05) is 0 Å². The number of aromatic nitrogens is 1. The quantitative estimate of drug-likeness (QED) is 0.514. The number of benzene rings is 1. The van der Waals surface area contributed by atoms with Crippen molar-refractivity contribution in [3.63, 3.8) is 0 Å². The second-order valence-electron chi connectivity index (χ2n) is 5.23. The minimum Gasteiger partial charge on any atom is -0.462 e. The Morgan fingerprint density at radius 3 is 2.48 bits per heavy atom. The first-order valence-electron chi connectivity index (χ1n) is 7.66. The molecule has 7 heteroatoms. The number of aryl methyl sites for hydroxylation is 2. The number of halogens is 1. The van der Waals surface area contributed by atoms with Crippen molar-refractivity contribution in [2.45, 2.75) is 20.8 Å². The molecule has 1 N–H and O–H groups in total. The van der Waals surface area contributed by atoms with Crippen LogP contribution in [0.1, 0.15) is 44.6 Å². The van der Waals surface area contributed by atoms with Crippen molar-refractivity contribution < 1.29 is 18.7 Å². The summed E-state index contributed by atoms with van der Waals surface area (Å²) >= 11 is 0. The van der Waals surface area contributed by atoms with Crippen molar-refractivity contribution in [2.75, 3.05) is 6.61 Å². The third-order valence-electron chi connectivity index (χ3n) is 3.39. The zero-order chi connectivity index (χ0) is 18.4. The van der Waals surface area contributed by atoms with Crippen LogP contribution < -0.4 is 5.43 Å². The second kappa shape index (κ2) is 8.14. The molecular formula is C18H18FN3O3. The van der Waals surface area contributed by atoms with E-state index < -0.39 is 11.9 Å². The van der Waals surface area contributed by atoms with Crippen LogP contribution in [0.25, 0.3) is 0 Å². The van der Waals surface area contributed by atoms with E-state index >= 15 is 0 Å². The van der Waals surface area contributed by atoms with Crippen molar-refractivity contribution in [2.24, 2.45) is 5.10 Å². The van der Waals surface area contributed by atoms with Gasteiger partial charge in [0.05, 0.1) is 35.3 Å². The van der Waals surface area contributed by atoms with Crippen molar-refractivity contribution >= 4 is 18.1 Å². The van der Waals surface area contributed by atoms with Gasteiger partial charge in [-0.2, -0.15) is 5.10 Å². The summed E-state index contributed by atoms with van der Waals surface area (Å²) in [7, 11) is 0. The maximum absolute atomic E-state index is 12.8. The van der Waals surface area contributed by atoms with Gasteiger partial charge in [-0.3, -0.25) is 9.78 Å². The van der Waals surface area contributed by atoms with Gasteiger partial charge in [0.25, 0.3) is 5.91 Å². The molecule has 1 aromatic carbocycles. The van der Waals surface area contributed by atoms with Gasteiger partial charge in [0.15, 0.2) is 0 Å². The van der Waals surface area contributed by atoms with Gasteiger partial charge in [-0.1, -0.05) is 12.1 Å². The van der Waals surface area contributed by atoms with Crippen molar-refractivity contribution in [1.82, 2.24) is 10.4 Å². The highest BCUT2D eigenvalue weighted by atomic mass is 19.1. The SMILES string of the molecule is CCOC(=O)c1cc(C(=O)N/N=C/c2ccc(F)cc2)c(C)nc1C. The molecule has 0 atom stereocenters. The third kappa shape index (κ3) is 4.69. The molecule has 2 aromatic rings. The van der Waals surface area contributed by atoms with Gasteiger partial charge >= 0.3 is 5.97 Å². The Kier molecular flexibility index (Phi) is 5.94. The molecule has 130 valence electrons. The number of nitrogens with one attached hydrogen (secondary N) is 1. The van der Waals surface area contributed by atoms with Gasteiger partial charge in [-0.05, 0) is 44.5 Å². The lowest BCUT2D eigenvalue weighted by Gasteiger charge is -2.09. The summed E-state index contributed by atoms with van der Waals surface area (Å²) in [6.45, 7) is 5.27. The number of hydrogen-bond acceptors (Lipinski definition) is 5. The zero-order valence-electron chi connectivity index (χ0n) is 14.2. The van der Waals surface area contributed by atoms with E-state index in [9.17, 15) is 14.0 Å². The van der Waals surface area contributed by atoms with Crippen molar-refractivity contribution in [3.05, 3.63) is 64.2 Å². The Balaban J connectivity index is 2.16. The molecule has 0 saturated carbocycles. The van der Waals surface area contributed by atoms with E-state index in [1.165, 1.54) is 36.5 Å². The highest BCUT2D eigenvalue weighted by Gasteiger charge is 2.17. The molecule has 0 radical (unpaired) electrons. The van der Waals surface area contributed by atoms with Crippen molar-refractivity contribution in [1.29, 1.82) is 0 Å². The average molecular weight is 343 g/mol. The molecule has 1 amide bonds. The maximum Gasteiger partial charge on any atom is 0.339 e. The van der Waals surface area contributed by atoms with Gasteiger partial charge in [0.1, 0.15) is 5.82 Å². The number of pyridine rings is 1. The van der Waals surface area contributed by atoms with Crippen LogP contribution in [0.15, 0.2) is 35.4 Å². The summed E-state index contributed by atoms with van der Waals surface area (Å²) in [5.41, 5.74) is 4.42. The first kappa shape index (κ1) is 18.3. The van der Waals surface area contributed by atoms with Gasteiger partial charge < -0.3 is 4.74 Å². The molecule has 0 unspecified atom stereocenters. The van der Waals surface area contributed by atoms with E-state index in [1.54, 1.807) is 20.8 Å². The smallest absolute Gasteiger partial charge is 0.339 e. The van der Waals surface area contributed by atoms with Crippen LogP contribution in [0.4, 0.5) is 4.39 Å². The minimum atomic E-state index is -0.531. The molecule has 2 rings (SSSR count). The van der Waals surface area contributed by atoms with Crippen LogP contribution in [-0.4, -0.2) is 29.7 Å². The van der Waals surface area contributed by atoms with Crippen LogP contribution in [0.3, 0.4) is 0 Å². The number of carbonyl (C=O) groups excluding carboxylic acids is 2. The van der Waals surface area contributed by atoms with E-state index in [2.05, 4.69) is 15.5 Å². The number of esters is 1. The Labute approximate surface area is 144 Å². The Morgan fingerprint density at radius 1 is 1.20 bits per heavy atom. The third-order valence-corrected chi connectivity index (χ3v) is 3.39. The molecule has 0 aliphatic heterocycles. The van der Waals surface area contributed by atoms with Crippen LogP contribution in [-0.2, 0) is 4.74 Å². The Hall–Kier alpha value is -3.09. The van der Waals surface area contributed by atoms with Gasteiger partial charge in [-0.25, -0.2) is 14.6 Å². The normalized spacial score (nSPS) is 10.7. The number of hydrogen-bond donors (Lipinski definition) is 1. The van der Waals surface area contributed by atoms with E-state index in [0.29, 0.717) is 17.0 Å². The lowest BCUT2D eigenvalue weighted by molar-refractivity contribution is 0.0525. The molecule has 1 heterocycles. The molecule has 0 aliphatic rings. The summed E-state index contributed by atoms with van der Waals surface area (Å²) < 4.78 is 17.8. The summed E-state index contributed by atoms with van der Waals surface area (Å²) in [4.78, 5) is 28.4. The minimum absolute atomic E-state index is 0.227. The molecular weight excluding hydrogens is 325 g/mol. The van der Waals surface area contributed by atoms with Gasteiger partial charge in [-0.15, -0.1) is 0 Å². The number of ether oxygens (including phenoxy) is 1. The van der Waals surface area contributed by atoms with Crippen LogP contribution in [0, 0.1) is 19.7 Å². The number of rotatable bonds is 5. The number of amides is 1. The predicted octanol–water partition coefficient (Wildman–Crippen LogP) is 2.78. The average Bonchev–Trinajstić information content (AvgIpc) is 2.56. The molecule has 0 bridgehead atoms. The van der Waals surface area contributed by atoms with E-state index in [-0.39, 0.29) is 23.6 Å². The number of carbonyl (C=O) groups is 2. The van der Waals surface area contributed by atoms with E-state index in [4.69, 9.17) is 4.74 Å². The zero-order valence-corrected chi connectivity index (χ0v) is 14.2. The number of nitrogens with zero attached hydrogens (tertiary/aromatic N) is 2. The summed E-state index contributed by atoms with van der Waals surface area (Å²) in [6.07, 6.45) is 1.39. The number of hydrazone groups is 1. The molecule has 0 fully saturated rings. The Morgan fingerprint density at radius 2 is 1.84 bits per heavy atom. The molecule has 6 nitrogen and oxygen atoms in total. The van der Waals surface area contributed by atoms with Crippen molar-refractivity contribution in [3.8, 4) is 0 Å². The summed E-state index contributed by atoms with van der Waals surface area (Å²) in [6, 6.07) is 7.09. The molecule has 0 spiro atoms.